The van der Waals surface area contributed by atoms with E-state index in [9.17, 15) is 14.4 Å². The number of imide groups is 1. The molecule has 7 heteroatoms. The number of ether oxygens (including phenoxy) is 1. The van der Waals surface area contributed by atoms with Gasteiger partial charge in [-0.3, -0.25) is 4.79 Å². The summed E-state index contributed by atoms with van der Waals surface area (Å²) in [6.45, 7) is 0. The van der Waals surface area contributed by atoms with Gasteiger partial charge in [0.05, 0.1) is 14.1 Å². The van der Waals surface area contributed by atoms with Crippen molar-refractivity contribution in [2.75, 3.05) is 28.2 Å². The lowest BCUT2D eigenvalue weighted by molar-refractivity contribution is -0.415. The van der Waals surface area contributed by atoms with Crippen molar-refractivity contribution in [3.8, 4) is 0 Å². The zero-order chi connectivity index (χ0) is 13.6. The quantitative estimate of drug-likeness (QED) is 0.348. The Balaban J connectivity index is 2.51. The van der Waals surface area contributed by atoms with Gasteiger partial charge in [-0.15, -0.1) is 0 Å². The first kappa shape index (κ1) is 12.3. The van der Waals surface area contributed by atoms with Crippen molar-refractivity contribution < 1.29 is 23.7 Å². The number of carbonyl (C=O) groups excluding carboxylic acids is 3. The maximum Gasteiger partial charge on any atom is 0.502 e. The zero-order valence-corrected chi connectivity index (χ0v) is 10.6. The summed E-state index contributed by atoms with van der Waals surface area (Å²) in [5, 5.41) is 0. The van der Waals surface area contributed by atoms with Crippen LogP contribution in [0.2, 0.25) is 0 Å². The fraction of sp³-hybridized carbons (Fsp3) is 0.455. The Labute approximate surface area is 104 Å². The molecule has 0 aliphatic carbocycles. The molecule has 0 saturated carbocycles. The average Bonchev–Trinajstić information content (AvgIpc) is 2.61. The minimum Gasteiger partial charge on any atom is -0.420 e. The van der Waals surface area contributed by atoms with Crippen LogP contribution < -0.4 is 0 Å². The van der Waals surface area contributed by atoms with Gasteiger partial charge < -0.3 is 9.64 Å². The van der Waals surface area contributed by atoms with Gasteiger partial charge in [0.2, 0.25) is 11.7 Å². The van der Waals surface area contributed by atoms with E-state index in [1.165, 1.54) is 24.9 Å². The molecule has 7 nitrogen and oxygen atoms in total. The number of Topliss-reactive ketones (excluding diaryl/α,β-unsaturated/α-hetero) is 1. The molecule has 0 N–H and O–H groups in total. The molecule has 2 aliphatic rings. The Hall–Kier alpha value is -2.18. The number of fused-ring (bicyclic) bond motifs is 1. The molecular weight excluding hydrogens is 238 g/mol. The van der Waals surface area contributed by atoms with Crippen molar-refractivity contribution in [2.24, 2.45) is 5.92 Å². The summed E-state index contributed by atoms with van der Waals surface area (Å²) >= 11 is 0. The third kappa shape index (κ3) is 1.59. The molecule has 0 aromatic carbocycles. The summed E-state index contributed by atoms with van der Waals surface area (Å²) in [5.41, 5.74) is 0. The molecule has 3 amide bonds. The van der Waals surface area contributed by atoms with Crippen LogP contribution in [0.25, 0.3) is 0 Å². The van der Waals surface area contributed by atoms with Gasteiger partial charge in [0.1, 0.15) is 0 Å². The number of allylic oxidation sites excluding steroid dienone is 1. The van der Waals surface area contributed by atoms with E-state index in [4.69, 9.17) is 4.74 Å². The topological polar surface area (TPSA) is 69.9 Å². The van der Waals surface area contributed by atoms with Gasteiger partial charge in [-0.05, 0) is 0 Å². The highest BCUT2D eigenvalue weighted by Gasteiger charge is 2.56. The Bertz CT molecular complexity index is 518. The van der Waals surface area contributed by atoms with Crippen molar-refractivity contribution in [1.29, 1.82) is 0 Å². The fourth-order valence-corrected chi connectivity index (χ4v) is 1.89. The first-order valence-electron chi connectivity index (χ1n) is 5.37. The average molecular weight is 252 g/mol. The lowest BCUT2D eigenvalue weighted by Gasteiger charge is -2.16. The molecule has 0 aromatic heterocycles. The Morgan fingerprint density at radius 1 is 1.33 bits per heavy atom. The maximum absolute atomic E-state index is 12.1. The molecule has 2 heterocycles. The normalized spacial score (nSPS) is 25.8. The second-order valence-corrected chi connectivity index (χ2v) is 4.43. The van der Waals surface area contributed by atoms with Crippen LogP contribution in [0.4, 0.5) is 4.79 Å². The smallest absolute Gasteiger partial charge is 0.420 e. The molecule has 0 spiro atoms. The van der Waals surface area contributed by atoms with E-state index in [0.717, 1.165) is 4.90 Å². The number of urea groups is 1. The molecule has 1 unspecified atom stereocenters. The molecule has 0 bridgehead atoms. The lowest BCUT2D eigenvalue weighted by atomic mass is 10.0. The van der Waals surface area contributed by atoms with E-state index in [2.05, 4.69) is 0 Å². The van der Waals surface area contributed by atoms with E-state index in [1.807, 2.05) is 0 Å². The molecule has 0 aromatic rings. The van der Waals surface area contributed by atoms with E-state index in [1.54, 1.807) is 19.0 Å². The molecule has 0 radical (unpaired) electrons. The summed E-state index contributed by atoms with van der Waals surface area (Å²) < 4.78 is 6.52. The van der Waals surface area contributed by atoms with Gasteiger partial charge in [-0.25, -0.2) is 4.79 Å². The van der Waals surface area contributed by atoms with Crippen LogP contribution >= 0.6 is 0 Å². The number of rotatable bonds is 1. The zero-order valence-electron chi connectivity index (χ0n) is 10.6. The molecule has 1 saturated heterocycles. The predicted octanol–water partition coefficient (Wildman–Crippen LogP) is -0.762. The van der Waals surface area contributed by atoms with Crippen LogP contribution in [-0.2, 0) is 14.3 Å². The van der Waals surface area contributed by atoms with Gasteiger partial charge in [-0.2, -0.15) is 14.3 Å². The van der Waals surface area contributed by atoms with Crippen LogP contribution in [0.5, 0.6) is 0 Å². The molecule has 2 rings (SSSR count). The number of hydrogen-bond acceptors (Lipinski definition) is 5. The molecule has 96 valence electrons. The van der Waals surface area contributed by atoms with Crippen LogP contribution in [0.15, 0.2) is 12.0 Å². The van der Waals surface area contributed by atoms with Crippen molar-refractivity contribution in [1.82, 2.24) is 9.80 Å². The summed E-state index contributed by atoms with van der Waals surface area (Å²) in [5.74, 6) is -1.86. The SMILES string of the molecule is CN(C)/C=C1/OC2=[N+](C)C(=O)N(C)C(=O)C2C1=O. The number of nitrogens with zero attached hydrogens (tertiary/aromatic N) is 3. The minimum absolute atomic E-state index is 0.0725. The second-order valence-electron chi connectivity index (χ2n) is 4.43. The Morgan fingerprint density at radius 3 is 2.50 bits per heavy atom. The van der Waals surface area contributed by atoms with E-state index in [-0.39, 0.29) is 11.7 Å². The molecule has 18 heavy (non-hydrogen) atoms. The van der Waals surface area contributed by atoms with Crippen LogP contribution in [-0.4, -0.2) is 66.2 Å². The third-order valence-corrected chi connectivity index (χ3v) is 2.82. The monoisotopic (exact) mass is 252 g/mol. The Morgan fingerprint density at radius 2 is 1.94 bits per heavy atom. The Kier molecular flexibility index (Phi) is 2.68. The standard InChI is InChI=1S/C11H14N3O4/c1-12(2)5-6-8(15)7-9(16)13(3)11(17)14(4)10(7)18-6/h5,7H,1-4H3/q+1/b6-5+. The van der Waals surface area contributed by atoms with Crippen LogP contribution in [0.3, 0.4) is 0 Å². The first-order chi connectivity index (χ1) is 8.34. The summed E-state index contributed by atoms with van der Waals surface area (Å²) in [6.07, 6.45) is 1.49. The van der Waals surface area contributed by atoms with E-state index >= 15 is 0 Å². The minimum atomic E-state index is -1.04. The predicted molar refractivity (Wildman–Crippen MR) is 60.7 cm³/mol. The highest BCUT2D eigenvalue weighted by Crippen LogP contribution is 2.26. The van der Waals surface area contributed by atoms with Gasteiger partial charge >= 0.3 is 11.9 Å². The van der Waals surface area contributed by atoms with E-state index in [0.29, 0.717) is 0 Å². The summed E-state index contributed by atoms with van der Waals surface area (Å²) in [7, 11) is 6.29. The maximum atomic E-state index is 12.1. The van der Waals surface area contributed by atoms with Gasteiger partial charge in [-0.1, -0.05) is 0 Å². The number of carbonyl (C=O) groups is 3. The highest BCUT2D eigenvalue weighted by molar-refractivity contribution is 6.28. The first-order valence-corrected chi connectivity index (χ1v) is 5.37. The third-order valence-electron chi connectivity index (χ3n) is 2.82. The largest absolute Gasteiger partial charge is 0.502 e. The second kappa shape index (κ2) is 3.94. The molecular formula is C11H14N3O4+. The van der Waals surface area contributed by atoms with Crippen molar-refractivity contribution >= 4 is 23.6 Å². The molecule has 1 fully saturated rings. The summed E-state index contributed by atoms with van der Waals surface area (Å²) in [4.78, 5) is 38.2. The molecule has 2 aliphatic heterocycles. The van der Waals surface area contributed by atoms with Crippen molar-refractivity contribution in [3.05, 3.63) is 12.0 Å². The van der Waals surface area contributed by atoms with Gasteiger partial charge in [0.25, 0.3) is 5.90 Å². The number of hydrogen-bond donors (Lipinski definition) is 0. The van der Waals surface area contributed by atoms with Crippen LogP contribution in [0, 0.1) is 5.92 Å². The van der Waals surface area contributed by atoms with E-state index < -0.39 is 23.6 Å². The summed E-state index contributed by atoms with van der Waals surface area (Å²) in [6, 6.07) is -0.509. The number of ketones is 1. The fourth-order valence-electron chi connectivity index (χ4n) is 1.89. The lowest BCUT2D eigenvalue weighted by Crippen LogP contribution is -2.52. The van der Waals surface area contributed by atoms with Crippen molar-refractivity contribution in [3.63, 3.8) is 0 Å². The molecule has 1 atom stereocenters. The van der Waals surface area contributed by atoms with Gasteiger partial charge in [0, 0.05) is 20.3 Å². The van der Waals surface area contributed by atoms with Crippen LogP contribution in [0.1, 0.15) is 0 Å². The van der Waals surface area contributed by atoms with Crippen molar-refractivity contribution in [2.45, 2.75) is 0 Å². The highest BCUT2D eigenvalue weighted by atomic mass is 16.5. The van der Waals surface area contributed by atoms with Gasteiger partial charge in [0.15, 0.2) is 5.76 Å². The number of amides is 3.